The van der Waals surface area contributed by atoms with Crippen molar-refractivity contribution in [3.05, 3.63) is 29.8 Å². The van der Waals surface area contributed by atoms with E-state index in [0.717, 1.165) is 24.9 Å². The van der Waals surface area contributed by atoms with Crippen LogP contribution in [0.3, 0.4) is 0 Å². The van der Waals surface area contributed by atoms with Crippen LogP contribution in [0.2, 0.25) is 0 Å². The molecule has 1 fully saturated rings. The van der Waals surface area contributed by atoms with Gasteiger partial charge in [0.05, 0.1) is 13.2 Å². The van der Waals surface area contributed by atoms with E-state index in [1.54, 1.807) is 7.11 Å². The summed E-state index contributed by atoms with van der Waals surface area (Å²) in [7, 11) is 3.71. The normalized spacial score (nSPS) is 17.3. The fraction of sp³-hybridized carbons (Fsp3) is 0.611. The van der Waals surface area contributed by atoms with Crippen LogP contribution in [0.25, 0.3) is 0 Å². The van der Waals surface area contributed by atoms with Gasteiger partial charge in [-0.3, -0.25) is 9.69 Å². The number of ether oxygens (including phenoxy) is 1. The van der Waals surface area contributed by atoms with E-state index >= 15 is 0 Å². The van der Waals surface area contributed by atoms with Crippen LogP contribution in [0.15, 0.2) is 24.3 Å². The molecule has 0 aromatic heterocycles. The van der Waals surface area contributed by atoms with E-state index in [0.29, 0.717) is 19.1 Å². The summed E-state index contributed by atoms with van der Waals surface area (Å²) in [6, 6.07) is 8.17. The van der Waals surface area contributed by atoms with Gasteiger partial charge in [0.15, 0.2) is 0 Å². The molecule has 1 aliphatic carbocycles. The van der Waals surface area contributed by atoms with Gasteiger partial charge in [-0.05, 0) is 49.9 Å². The van der Waals surface area contributed by atoms with Crippen LogP contribution in [0.4, 0.5) is 5.69 Å². The van der Waals surface area contributed by atoms with E-state index in [1.165, 1.54) is 5.56 Å². The largest absolute Gasteiger partial charge is 0.383 e. The van der Waals surface area contributed by atoms with Gasteiger partial charge in [0, 0.05) is 18.3 Å². The Morgan fingerprint density at radius 2 is 2.00 bits per heavy atom. The number of likely N-dealkylation sites (N-methyl/N-ethyl adjacent to an activating group) is 1. The van der Waals surface area contributed by atoms with Crippen LogP contribution in [-0.4, -0.2) is 43.7 Å². The number of amides is 1. The molecule has 2 rings (SSSR count). The summed E-state index contributed by atoms with van der Waals surface area (Å²) in [6.45, 7) is 5.49. The number of methoxy groups -OCH3 is 1. The smallest absolute Gasteiger partial charge is 0.238 e. The van der Waals surface area contributed by atoms with Crippen molar-refractivity contribution in [2.45, 2.75) is 44.6 Å². The fourth-order valence-electron chi connectivity index (χ4n) is 2.76. The Balaban J connectivity index is 1.87. The summed E-state index contributed by atoms with van der Waals surface area (Å²) in [5.74, 6) is 0.584. The summed E-state index contributed by atoms with van der Waals surface area (Å²) >= 11 is 0. The minimum absolute atomic E-state index is 0.0289. The topological polar surface area (TPSA) is 41.6 Å². The number of anilines is 1. The number of benzene rings is 1. The first-order valence-corrected chi connectivity index (χ1v) is 8.11. The first kappa shape index (κ1) is 17.0. The third-order valence-corrected chi connectivity index (χ3v) is 4.81. The highest BCUT2D eigenvalue weighted by Crippen LogP contribution is 2.40. The summed E-state index contributed by atoms with van der Waals surface area (Å²) in [4.78, 5) is 14.3. The first-order valence-electron chi connectivity index (χ1n) is 8.11. The maximum absolute atomic E-state index is 12.2. The minimum atomic E-state index is 0.0289. The summed E-state index contributed by atoms with van der Waals surface area (Å²) in [6.07, 6.45) is 3.33. The van der Waals surface area contributed by atoms with Gasteiger partial charge >= 0.3 is 0 Å². The van der Waals surface area contributed by atoms with Crippen LogP contribution in [0, 0.1) is 0 Å². The molecule has 0 heterocycles. The van der Waals surface area contributed by atoms with Gasteiger partial charge in [-0.25, -0.2) is 0 Å². The molecule has 1 aromatic rings. The van der Waals surface area contributed by atoms with Crippen molar-refractivity contribution >= 4 is 11.6 Å². The Bertz CT molecular complexity index is 494. The monoisotopic (exact) mass is 304 g/mol. The zero-order valence-electron chi connectivity index (χ0n) is 14.2. The zero-order chi connectivity index (χ0) is 16.2. The Morgan fingerprint density at radius 3 is 2.50 bits per heavy atom. The van der Waals surface area contributed by atoms with Gasteiger partial charge in [0.1, 0.15) is 0 Å². The summed E-state index contributed by atoms with van der Waals surface area (Å²) in [5.41, 5.74) is 2.25. The molecule has 0 aliphatic heterocycles. The Labute approximate surface area is 133 Å². The van der Waals surface area contributed by atoms with Crippen molar-refractivity contribution in [2.75, 3.05) is 32.6 Å². The predicted molar refractivity (Wildman–Crippen MR) is 90.2 cm³/mol. The predicted octanol–water partition coefficient (Wildman–Crippen LogP) is 3.25. The number of hydrogen-bond acceptors (Lipinski definition) is 3. The SMILES string of the molecule is CCC(C)c1ccc(NC(=O)CN(C)C2(COC)CC2)cc1. The molecule has 1 saturated carbocycles. The lowest BCUT2D eigenvalue weighted by Crippen LogP contribution is -2.42. The fourth-order valence-corrected chi connectivity index (χ4v) is 2.76. The second-order valence-electron chi connectivity index (χ2n) is 6.49. The Kier molecular flexibility index (Phi) is 5.59. The average Bonchev–Trinajstić information content (AvgIpc) is 3.28. The second kappa shape index (κ2) is 7.25. The number of hydrogen-bond donors (Lipinski definition) is 1. The van der Waals surface area contributed by atoms with Crippen molar-refractivity contribution in [1.29, 1.82) is 0 Å². The highest BCUT2D eigenvalue weighted by atomic mass is 16.5. The molecule has 0 saturated heterocycles. The van der Waals surface area contributed by atoms with Crippen molar-refractivity contribution in [1.82, 2.24) is 4.90 Å². The third-order valence-electron chi connectivity index (χ3n) is 4.81. The molecule has 1 atom stereocenters. The number of nitrogens with zero attached hydrogens (tertiary/aromatic N) is 1. The molecule has 1 amide bonds. The maximum Gasteiger partial charge on any atom is 0.238 e. The van der Waals surface area contributed by atoms with E-state index in [4.69, 9.17) is 4.74 Å². The van der Waals surface area contributed by atoms with E-state index in [1.807, 2.05) is 19.2 Å². The minimum Gasteiger partial charge on any atom is -0.383 e. The van der Waals surface area contributed by atoms with Gasteiger partial charge < -0.3 is 10.1 Å². The number of nitrogens with one attached hydrogen (secondary N) is 1. The van der Waals surface area contributed by atoms with Crippen molar-refractivity contribution in [3.63, 3.8) is 0 Å². The number of rotatable bonds is 8. The molecule has 4 nitrogen and oxygen atoms in total. The third kappa shape index (κ3) is 4.08. The van der Waals surface area contributed by atoms with Crippen molar-refractivity contribution in [2.24, 2.45) is 0 Å². The summed E-state index contributed by atoms with van der Waals surface area (Å²) < 4.78 is 5.26. The molecular formula is C18H28N2O2. The molecule has 0 radical (unpaired) electrons. The Hall–Kier alpha value is -1.39. The van der Waals surface area contributed by atoms with Gasteiger partial charge in [0.25, 0.3) is 0 Å². The van der Waals surface area contributed by atoms with Crippen molar-refractivity contribution in [3.8, 4) is 0 Å². The van der Waals surface area contributed by atoms with Crippen LogP contribution in [0.5, 0.6) is 0 Å². The average molecular weight is 304 g/mol. The summed E-state index contributed by atoms with van der Waals surface area (Å²) in [5, 5.41) is 2.98. The van der Waals surface area contributed by atoms with Gasteiger partial charge in [0.2, 0.25) is 5.91 Å². The van der Waals surface area contributed by atoms with E-state index in [-0.39, 0.29) is 11.4 Å². The van der Waals surface area contributed by atoms with Gasteiger partial charge in [-0.2, -0.15) is 0 Å². The quantitative estimate of drug-likeness (QED) is 0.801. The van der Waals surface area contributed by atoms with Gasteiger partial charge in [-0.15, -0.1) is 0 Å². The molecule has 1 aromatic carbocycles. The first-order chi connectivity index (χ1) is 10.5. The van der Waals surface area contributed by atoms with Crippen LogP contribution in [-0.2, 0) is 9.53 Å². The standard InChI is InChI=1S/C18H28N2O2/c1-5-14(2)15-6-8-16(9-7-15)19-17(21)12-20(3)18(10-11-18)13-22-4/h6-9,14H,5,10-13H2,1-4H3,(H,19,21). The molecule has 22 heavy (non-hydrogen) atoms. The lowest BCUT2D eigenvalue weighted by Gasteiger charge is -2.26. The lowest BCUT2D eigenvalue weighted by molar-refractivity contribution is -0.118. The molecule has 122 valence electrons. The van der Waals surface area contributed by atoms with Gasteiger partial charge in [-0.1, -0.05) is 26.0 Å². The van der Waals surface area contributed by atoms with Crippen LogP contribution >= 0.6 is 0 Å². The highest BCUT2D eigenvalue weighted by molar-refractivity contribution is 5.92. The molecule has 4 heteroatoms. The second-order valence-corrected chi connectivity index (χ2v) is 6.49. The van der Waals surface area contributed by atoms with E-state index < -0.39 is 0 Å². The molecule has 0 spiro atoms. The number of carbonyl (C=O) groups excluding carboxylic acids is 1. The van der Waals surface area contributed by atoms with E-state index in [2.05, 4.69) is 36.2 Å². The molecular weight excluding hydrogens is 276 g/mol. The molecule has 0 bridgehead atoms. The molecule has 1 unspecified atom stereocenters. The molecule has 1 N–H and O–H groups in total. The molecule has 1 aliphatic rings. The van der Waals surface area contributed by atoms with Crippen molar-refractivity contribution < 1.29 is 9.53 Å². The van der Waals surface area contributed by atoms with Crippen LogP contribution < -0.4 is 5.32 Å². The highest BCUT2D eigenvalue weighted by Gasteiger charge is 2.46. The van der Waals surface area contributed by atoms with E-state index in [9.17, 15) is 4.79 Å². The Morgan fingerprint density at radius 1 is 1.36 bits per heavy atom. The lowest BCUT2D eigenvalue weighted by atomic mass is 9.99. The number of carbonyl (C=O) groups is 1. The zero-order valence-corrected chi connectivity index (χ0v) is 14.2. The maximum atomic E-state index is 12.2. The van der Waals surface area contributed by atoms with Crippen LogP contribution in [0.1, 0.15) is 44.6 Å².